The van der Waals surface area contributed by atoms with Crippen LogP contribution in [-0.4, -0.2) is 6.29 Å². The van der Waals surface area contributed by atoms with E-state index in [1.54, 1.807) is 0 Å². The molecule has 0 saturated heterocycles. The zero-order valence-corrected chi connectivity index (χ0v) is 6.28. The Kier molecular flexibility index (Phi) is 1.55. The molecule has 12 heavy (non-hydrogen) atoms. The van der Waals surface area contributed by atoms with Crippen molar-refractivity contribution >= 4 is 12.0 Å². The van der Waals surface area contributed by atoms with Crippen molar-refractivity contribution in [1.82, 2.24) is 0 Å². The van der Waals surface area contributed by atoms with Crippen molar-refractivity contribution in [2.45, 2.75) is 0 Å². The highest BCUT2D eigenvalue weighted by Gasteiger charge is 2.08. The van der Waals surface area contributed by atoms with Gasteiger partial charge in [0.2, 0.25) is 0 Å². The Morgan fingerprint density at radius 1 is 1.33 bits per heavy atom. The van der Waals surface area contributed by atoms with E-state index in [1.165, 1.54) is 6.26 Å². The third-order valence-corrected chi connectivity index (χ3v) is 1.61. The number of nitrogens with one attached hydrogen (secondary N) is 1. The van der Waals surface area contributed by atoms with Gasteiger partial charge in [-0.25, -0.2) is 0 Å². The molecule has 1 heterocycles. The second kappa shape index (κ2) is 2.70. The Labute approximate surface area is 69.7 Å². The molecule has 0 unspecified atom stereocenters. The molecule has 1 aliphatic heterocycles. The minimum absolute atomic E-state index is 0.439. The molecule has 0 aliphatic carbocycles. The van der Waals surface area contributed by atoms with Crippen LogP contribution in [0.2, 0.25) is 0 Å². The van der Waals surface area contributed by atoms with Gasteiger partial charge in [-0.3, -0.25) is 4.79 Å². The summed E-state index contributed by atoms with van der Waals surface area (Å²) in [6, 6.07) is 7.44. The average molecular weight is 161 g/mol. The van der Waals surface area contributed by atoms with Gasteiger partial charge in [0.05, 0.1) is 5.69 Å². The lowest BCUT2D eigenvalue weighted by Crippen LogP contribution is -2.08. The van der Waals surface area contributed by atoms with Gasteiger partial charge in [-0.05, 0) is 12.1 Å². The number of anilines is 1. The summed E-state index contributed by atoms with van der Waals surface area (Å²) in [4.78, 5) is 10.4. The fourth-order valence-electron chi connectivity index (χ4n) is 1.04. The highest BCUT2D eigenvalue weighted by molar-refractivity contribution is 5.81. The Balaban J connectivity index is 2.36. The Morgan fingerprint density at radius 2 is 2.17 bits per heavy atom. The molecule has 2 rings (SSSR count). The zero-order chi connectivity index (χ0) is 8.39. The van der Waals surface area contributed by atoms with E-state index < -0.39 is 0 Å². The van der Waals surface area contributed by atoms with E-state index in [9.17, 15) is 4.79 Å². The number of aldehydes is 1. The van der Waals surface area contributed by atoms with E-state index in [-0.39, 0.29) is 0 Å². The standard InChI is InChI=1S/C9H7NO2/c11-5-7-6-12-9-4-2-1-3-8(9)10-7/h1-6,10H. The molecule has 1 N–H and O–H groups in total. The zero-order valence-electron chi connectivity index (χ0n) is 6.28. The van der Waals surface area contributed by atoms with Gasteiger partial charge in [-0.2, -0.15) is 0 Å². The second-order valence-electron chi connectivity index (χ2n) is 2.43. The molecule has 1 aromatic rings. The number of carbonyl (C=O) groups is 1. The van der Waals surface area contributed by atoms with Crippen LogP contribution in [0.3, 0.4) is 0 Å². The fraction of sp³-hybridized carbons (Fsp3) is 0. The minimum atomic E-state index is 0.439. The molecule has 0 saturated carbocycles. The third-order valence-electron chi connectivity index (χ3n) is 1.61. The summed E-state index contributed by atoms with van der Waals surface area (Å²) >= 11 is 0. The predicted molar refractivity (Wildman–Crippen MR) is 44.8 cm³/mol. The minimum Gasteiger partial charge on any atom is -0.461 e. The number of hydrogen-bond acceptors (Lipinski definition) is 3. The van der Waals surface area contributed by atoms with Crippen molar-refractivity contribution in [1.29, 1.82) is 0 Å². The fourth-order valence-corrected chi connectivity index (χ4v) is 1.04. The van der Waals surface area contributed by atoms with Crippen molar-refractivity contribution in [3.63, 3.8) is 0 Å². The molecule has 0 atom stereocenters. The van der Waals surface area contributed by atoms with Crippen LogP contribution in [0.4, 0.5) is 5.69 Å². The summed E-state index contributed by atoms with van der Waals surface area (Å²) in [5.74, 6) is 0.739. The van der Waals surface area contributed by atoms with Gasteiger partial charge in [0.25, 0.3) is 0 Å². The molecule has 0 amide bonds. The molecular formula is C9H7NO2. The number of hydrogen-bond donors (Lipinski definition) is 1. The normalized spacial score (nSPS) is 13.5. The molecule has 0 fully saturated rings. The summed E-state index contributed by atoms with van der Waals surface area (Å²) in [6.45, 7) is 0. The molecule has 1 aliphatic rings. The van der Waals surface area contributed by atoms with Crippen molar-refractivity contribution in [3.05, 3.63) is 36.2 Å². The summed E-state index contributed by atoms with van der Waals surface area (Å²) in [5.41, 5.74) is 1.26. The Bertz CT molecular complexity index is 344. The smallest absolute Gasteiger partial charge is 0.169 e. The van der Waals surface area contributed by atoms with E-state index in [1.807, 2.05) is 24.3 Å². The van der Waals surface area contributed by atoms with Crippen LogP contribution in [0.15, 0.2) is 36.2 Å². The van der Waals surface area contributed by atoms with Gasteiger partial charge >= 0.3 is 0 Å². The summed E-state index contributed by atoms with van der Waals surface area (Å²) in [7, 11) is 0. The number of allylic oxidation sites excluding steroid dienone is 1. The van der Waals surface area contributed by atoms with Gasteiger partial charge < -0.3 is 10.1 Å². The topological polar surface area (TPSA) is 38.3 Å². The largest absolute Gasteiger partial charge is 0.461 e. The number of ether oxygens (including phenoxy) is 1. The second-order valence-corrected chi connectivity index (χ2v) is 2.43. The van der Waals surface area contributed by atoms with Gasteiger partial charge in [0, 0.05) is 0 Å². The maximum Gasteiger partial charge on any atom is 0.169 e. The van der Waals surface area contributed by atoms with Crippen LogP contribution < -0.4 is 10.1 Å². The number of carbonyl (C=O) groups excluding carboxylic acids is 1. The van der Waals surface area contributed by atoms with Crippen molar-refractivity contribution < 1.29 is 9.53 Å². The Hall–Kier alpha value is -1.77. The van der Waals surface area contributed by atoms with Gasteiger partial charge in [0.15, 0.2) is 6.29 Å². The van der Waals surface area contributed by atoms with Crippen molar-refractivity contribution in [2.75, 3.05) is 5.32 Å². The lowest BCUT2D eigenvalue weighted by Gasteiger charge is -2.15. The molecule has 0 spiro atoms. The maximum absolute atomic E-state index is 10.4. The first-order valence-corrected chi connectivity index (χ1v) is 3.58. The van der Waals surface area contributed by atoms with Crippen LogP contribution in [0, 0.1) is 0 Å². The highest BCUT2D eigenvalue weighted by Crippen LogP contribution is 2.27. The third kappa shape index (κ3) is 1.05. The maximum atomic E-state index is 10.4. The first-order valence-electron chi connectivity index (χ1n) is 3.58. The predicted octanol–water partition coefficient (Wildman–Crippen LogP) is 1.53. The monoisotopic (exact) mass is 161 g/mol. The van der Waals surface area contributed by atoms with E-state index in [0.717, 1.165) is 17.7 Å². The molecule has 3 heteroatoms. The quantitative estimate of drug-likeness (QED) is 0.635. The molecule has 0 aromatic heterocycles. The van der Waals surface area contributed by atoms with E-state index >= 15 is 0 Å². The number of rotatable bonds is 1. The average Bonchev–Trinajstić information content (AvgIpc) is 2.17. The number of para-hydroxylation sites is 2. The Morgan fingerprint density at radius 3 is 3.00 bits per heavy atom. The molecule has 0 radical (unpaired) electrons. The van der Waals surface area contributed by atoms with Gasteiger partial charge in [-0.1, -0.05) is 12.1 Å². The van der Waals surface area contributed by atoms with Crippen LogP contribution >= 0.6 is 0 Å². The summed E-state index contributed by atoms with van der Waals surface area (Å²) < 4.78 is 5.17. The van der Waals surface area contributed by atoms with Crippen molar-refractivity contribution in [2.24, 2.45) is 0 Å². The summed E-state index contributed by atoms with van der Waals surface area (Å²) in [5, 5.41) is 2.91. The number of benzene rings is 1. The van der Waals surface area contributed by atoms with Crippen LogP contribution in [0.1, 0.15) is 0 Å². The first-order chi connectivity index (χ1) is 5.90. The van der Waals surface area contributed by atoms with Crippen molar-refractivity contribution in [3.8, 4) is 5.75 Å². The van der Waals surface area contributed by atoms with Crippen LogP contribution in [-0.2, 0) is 4.79 Å². The molecular weight excluding hydrogens is 154 g/mol. The van der Waals surface area contributed by atoms with Crippen LogP contribution in [0.5, 0.6) is 5.75 Å². The first kappa shape index (κ1) is 6.91. The van der Waals surface area contributed by atoms with Gasteiger partial charge in [-0.15, -0.1) is 0 Å². The molecule has 60 valence electrons. The SMILES string of the molecule is O=CC1=COc2ccccc2N1. The van der Waals surface area contributed by atoms with Gasteiger partial charge in [0.1, 0.15) is 17.7 Å². The molecule has 1 aromatic carbocycles. The summed E-state index contributed by atoms with van der Waals surface area (Å²) in [6.07, 6.45) is 2.12. The lowest BCUT2D eigenvalue weighted by molar-refractivity contribution is -0.104. The number of fused-ring (bicyclic) bond motifs is 1. The van der Waals surface area contributed by atoms with Crippen LogP contribution in [0.25, 0.3) is 0 Å². The molecule has 0 bridgehead atoms. The lowest BCUT2D eigenvalue weighted by atomic mass is 10.2. The van der Waals surface area contributed by atoms with E-state index in [4.69, 9.17) is 4.74 Å². The van der Waals surface area contributed by atoms with E-state index in [2.05, 4.69) is 5.32 Å². The highest BCUT2D eigenvalue weighted by atomic mass is 16.5. The van der Waals surface area contributed by atoms with E-state index in [0.29, 0.717) is 5.70 Å². The molecule has 3 nitrogen and oxygen atoms in total.